The number of morpholine rings is 1. The van der Waals surface area contributed by atoms with Crippen molar-refractivity contribution >= 4 is 17.6 Å². The summed E-state index contributed by atoms with van der Waals surface area (Å²) in [7, 11) is 3.25. The molecule has 2 aromatic heterocycles. The predicted molar refractivity (Wildman–Crippen MR) is 101 cm³/mol. The SMILES string of the molecule is CC1CN(c2ccc(CNc3nc(N(C)C)cc(C(F)(F)F)n3)cn2)CCO1. The van der Waals surface area contributed by atoms with Gasteiger partial charge in [-0.1, -0.05) is 6.07 Å². The van der Waals surface area contributed by atoms with Crippen LogP contribution in [0.3, 0.4) is 0 Å². The first kappa shape index (κ1) is 20.1. The fraction of sp³-hybridized carbons (Fsp3) is 0.500. The molecule has 1 unspecified atom stereocenters. The monoisotopic (exact) mass is 396 g/mol. The van der Waals surface area contributed by atoms with Crippen LogP contribution in [0.5, 0.6) is 0 Å². The molecular formula is C18H23F3N6O. The van der Waals surface area contributed by atoms with Crippen LogP contribution in [0.1, 0.15) is 18.2 Å². The van der Waals surface area contributed by atoms with Crippen LogP contribution in [0.15, 0.2) is 24.4 Å². The molecule has 28 heavy (non-hydrogen) atoms. The molecule has 10 heteroatoms. The molecule has 0 bridgehead atoms. The maximum Gasteiger partial charge on any atom is 0.433 e. The number of ether oxygens (including phenoxy) is 1. The molecular weight excluding hydrogens is 373 g/mol. The molecule has 1 aliphatic rings. The number of nitrogens with zero attached hydrogens (tertiary/aromatic N) is 5. The van der Waals surface area contributed by atoms with Crippen molar-refractivity contribution < 1.29 is 17.9 Å². The molecule has 1 atom stereocenters. The van der Waals surface area contributed by atoms with Gasteiger partial charge in [0.25, 0.3) is 0 Å². The number of hydrogen-bond donors (Lipinski definition) is 1. The van der Waals surface area contributed by atoms with Gasteiger partial charge in [-0.15, -0.1) is 0 Å². The highest BCUT2D eigenvalue weighted by atomic mass is 19.4. The zero-order valence-corrected chi connectivity index (χ0v) is 16.0. The molecule has 7 nitrogen and oxygen atoms in total. The standard InChI is InChI=1S/C18H23F3N6O/c1-12-11-27(6-7-28-12)15-5-4-13(9-22-15)10-23-17-24-14(18(19,20)21)8-16(25-17)26(2)3/h4-5,8-9,12H,6-7,10-11H2,1-3H3,(H,23,24,25). The number of aromatic nitrogens is 3. The average Bonchev–Trinajstić information content (AvgIpc) is 2.66. The second kappa shape index (κ2) is 8.17. The highest BCUT2D eigenvalue weighted by Gasteiger charge is 2.34. The van der Waals surface area contributed by atoms with Gasteiger partial charge in [0, 0.05) is 46.0 Å². The van der Waals surface area contributed by atoms with E-state index < -0.39 is 11.9 Å². The molecule has 0 saturated carbocycles. The van der Waals surface area contributed by atoms with E-state index in [1.165, 1.54) is 4.90 Å². The van der Waals surface area contributed by atoms with E-state index >= 15 is 0 Å². The molecule has 152 valence electrons. The van der Waals surface area contributed by atoms with Crippen LogP contribution < -0.4 is 15.1 Å². The third-order valence-electron chi connectivity index (χ3n) is 4.29. The van der Waals surface area contributed by atoms with Gasteiger partial charge < -0.3 is 19.9 Å². The van der Waals surface area contributed by atoms with Crippen LogP contribution in [0, 0.1) is 0 Å². The molecule has 1 saturated heterocycles. The lowest BCUT2D eigenvalue weighted by Crippen LogP contribution is -2.41. The molecule has 0 radical (unpaired) electrons. The minimum atomic E-state index is -4.54. The molecule has 1 aliphatic heterocycles. The Labute approximate surface area is 161 Å². The molecule has 1 N–H and O–H groups in total. The van der Waals surface area contributed by atoms with E-state index in [2.05, 4.69) is 25.2 Å². The summed E-state index contributed by atoms with van der Waals surface area (Å²) in [6, 6.07) is 4.70. The Hall–Kier alpha value is -2.62. The average molecular weight is 396 g/mol. The molecule has 0 aliphatic carbocycles. The third kappa shape index (κ3) is 5.00. The van der Waals surface area contributed by atoms with Gasteiger partial charge in [-0.2, -0.15) is 18.2 Å². The van der Waals surface area contributed by atoms with E-state index in [0.717, 1.165) is 30.5 Å². The van der Waals surface area contributed by atoms with E-state index in [1.54, 1.807) is 20.3 Å². The van der Waals surface area contributed by atoms with Gasteiger partial charge in [0.15, 0.2) is 5.69 Å². The smallest absolute Gasteiger partial charge is 0.375 e. The van der Waals surface area contributed by atoms with Gasteiger partial charge in [-0.05, 0) is 18.6 Å². The van der Waals surface area contributed by atoms with Crippen molar-refractivity contribution in [2.24, 2.45) is 0 Å². The van der Waals surface area contributed by atoms with Gasteiger partial charge in [-0.25, -0.2) is 9.97 Å². The number of anilines is 3. The fourth-order valence-electron chi connectivity index (χ4n) is 2.80. The lowest BCUT2D eigenvalue weighted by atomic mass is 10.2. The fourth-order valence-corrected chi connectivity index (χ4v) is 2.80. The molecule has 3 rings (SSSR count). The van der Waals surface area contributed by atoms with Gasteiger partial charge in [0.2, 0.25) is 5.95 Å². The molecule has 0 aromatic carbocycles. The topological polar surface area (TPSA) is 66.4 Å². The summed E-state index contributed by atoms with van der Waals surface area (Å²) in [6.45, 7) is 4.49. The van der Waals surface area contributed by atoms with Crippen LogP contribution in [0.25, 0.3) is 0 Å². The molecule has 0 amide bonds. The number of hydrogen-bond acceptors (Lipinski definition) is 7. The maximum atomic E-state index is 13.1. The molecule has 1 fully saturated rings. The van der Waals surface area contributed by atoms with E-state index in [4.69, 9.17) is 4.74 Å². The summed E-state index contributed by atoms with van der Waals surface area (Å²) >= 11 is 0. The quantitative estimate of drug-likeness (QED) is 0.834. The van der Waals surface area contributed by atoms with Gasteiger partial charge >= 0.3 is 6.18 Å². The number of alkyl halides is 3. The van der Waals surface area contributed by atoms with Crippen molar-refractivity contribution in [1.29, 1.82) is 0 Å². The maximum absolute atomic E-state index is 13.1. The van der Waals surface area contributed by atoms with Crippen molar-refractivity contribution in [2.75, 3.05) is 48.9 Å². The highest BCUT2D eigenvalue weighted by Crippen LogP contribution is 2.30. The second-order valence-corrected chi connectivity index (χ2v) is 6.83. The molecule has 3 heterocycles. The van der Waals surface area contributed by atoms with Crippen molar-refractivity contribution in [1.82, 2.24) is 15.0 Å². The minimum absolute atomic E-state index is 0.0791. The van der Waals surface area contributed by atoms with E-state index in [-0.39, 0.29) is 24.4 Å². The Bertz CT molecular complexity index is 797. The summed E-state index contributed by atoms with van der Waals surface area (Å²) in [5.41, 5.74) is -0.166. The zero-order chi connectivity index (χ0) is 20.3. The van der Waals surface area contributed by atoms with Gasteiger partial charge in [0.05, 0.1) is 12.7 Å². The van der Waals surface area contributed by atoms with E-state index in [1.807, 2.05) is 19.1 Å². The van der Waals surface area contributed by atoms with Crippen molar-refractivity contribution in [3.8, 4) is 0 Å². The van der Waals surface area contributed by atoms with Crippen LogP contribution in [-0.2, 0) is 17.5 Å². The number of rotatable bonds is 5. The highest BCUT2D eigenvalue weighted by molar-refractivity contribution is 5.45. The minimum Gasteiger partial charge on any atom is -0.375 e. The zero-order valence-electron chi connectivity index (χ0n) is 16.0. The number of pyridine rings is 1. The Morgan fingerprint density at radius 2 is 2.07 bits per heavy atom. The number of halogens is 3. The van der Waals surface area contributed by atoms with Crippen molar-refractivity contribution in [3.63, 3.8) is 0 Å². The normalized spacial score (nSPS) is 17.5. The summed E-state index contributed by atoms with van der Waals surface area (Å²) in [4.78, 5) is 15.8. The third-order valence-corrected chi connectivity index (χ3v) is 4.29. The van der Waals surface area contributed by atoms with E-state index in [9.17, 15) is 13.2 Å². The predicted octanol–water partition coefficient (Wildman–Crippen LogP) is 2.79. The van der Waals surface area contributed by atoms with Crippen molar-refractivity contribution in [2.45, 2.75) is 25.7 Å². The lowest BCUT2D eigenvalue weighted by Gasteiger charge is -2.32. The Morgan fingerprint density at radius 3 is 2.68 bits per heavy atom. The van der Waals surface area contributed by atoms with Crippen LogP contribution in [-0.4, -0.2) is 54.8 Å². The summed E-state index contributed by atoms with van der Waals surface area (Å²) in [5, 5.41) is 2.85. The Morgan fingerprint density at radius 1 is 1.29 bits per heavy atom. The van der Waals surface area contributed by atoms with Crippen LogP contribution in [0.2, 0.25) is 0 Å². The van der Waals surface area contributed by atoms with Gasteiger partial charge in [0.1, 0.15) is 11.6 Å². The first-order valence-corrected chi connectivity index (χ1v) is 8.91. The number of nitrogens with one attached hydrogen (secondary N) is 1. The summed E-state index contributed by atoms with van der Waals surface area (Å²) in [6.07, 6.45) is -2.69. The van der Waals surface area contributed by atoms with Gasteiger partial charge in [-0.3, -0.25) is 0 Å². The van der Waals surface area contributed by atoms with Crippen molar-refractivity contribution in [3.05, 3.63) is 35.7 Å². The largest absolute Gasteiger partial charge is 0.433 e. The van der Waals surface area contributed by atoms with E-state index in [0.29, 0.717) is 6.61 Å². The Balaban J connectivity index is 1.69. The van der Waals surface area contributed by atoms with Crippen LogP contribution in [0.4, 0.5) is 30.8 Å². The molecule has 2 aromatic rings. The molecule has 0 spiro atoms. The summed E-state index contributed by atoms with van der Waals surface area (Å²) < 4.78 is 44.7. The second-order valence-electron chi connectivity index (χ2n) is 6.83. The first-order valence-electron chi connectivity index (χ1n) is 8.91. The summed E-state index contributed by atoms with van der Waals surface area (Å²) in [5.74, 6) is 0.952. The van der Waals surface area contributed by atoms with Crippen LogP contribution >= 0.6 is 0 Å². The Kier molecular flexibility index (Phi) is 5.87. The first-order chi connectivity index (χ1) is 13.2. The lowest BCUT2D eigenvalue weighted by molar-refractivity contribution is -0.141.